The standard InChI is InChI=1S/C16H22O2/c1-3-4-5-6-7-8-9-10-11-12-13-14-15-16(17)18-2/h1,8-9H,4-7,10-13H2,2H3/b9-8-. The number of allylic oxidation sites excluding steroid dienone is 2. The van der Waals surface area contributed by atoms with E-state index in [1.807, 2.05) is 0 Å². The van der Waals surface area contributed by atoms with E-state index in [1.54, 1.807) is 0 Å². The lowest BCUT2D eigenvalue weighted by Gasteiger charge is -1.93. The number of hydrogen-bond acceptors (Lipinski definition) is 2. The van der Waals surface area contributed by atoms with Gasteiger partial charge < -0.3 is 4.74 Å². The molecule has 0 saturated heterocycles. The van der Waals surface area contributed by atoms with Gasteiger partial charge in [0.15, 0.2) is 0 Å². The largest absolute Gasteiger partial charge is 0.459 e. The third-order valence-corrected chi connectivity index (χ3v) is 2.41. The van der Waals surface area contributed by atoms with Crippen molar-refractivity contribution in [2.24, 2.45) is 0 Å². The summed E-state index contributed by atoms with van der Waals surface area (Å²) in [6.07, 6.45) is 17.8. The van der Waals surface area contributed by atoms with Crippen LogP contribution < -0.4 is 0 Å². The molecule has 18 heavy (non-hydrogen) atoms. The van der Waals surface area contributed by atoms with Gasteiger partial charge in [-0.15, -0.1) is 12.3 Å². The van der Waals surface area contributed by atoms with E-state index in [0.717, 1.165) is 44.9 Å². The Morgan fingerprint density at radius 2 is 1.72 bits per heavy atom. The third-order valence-electron chi connectivity index (χ3n) is 2.41. The molecule has 0 spiro atoms. The molecule has 2 heteroatoms. The van der Waals surface area contributed by atoms with E-state index in [2.05, 4.69) is 34.7 Å². The molecule has 0 rings (SSSR count). The van der Waals surface area contributed by atoms with E-state index in [-0.39, 0.29) is 0 Å². The highest BCUT2D eigenvalue weighted by atomic mass is 16.5. The molecule has 0 aliphatic heterocycles. The summed E-state index contributed by atoms with van der Waals surface area (Å²) in [5, 5.41) is 0. The lowest BCUT2D eigenvalue weighted by atomic mass is 10.1. The molecule has 0 aromatic rings. The lowest BCUT2D eigenvalue weighted by Crippen LogP contribution is -1.94. The first-order valence-corrected chi connectivity index (χ1v) is 6.46. The van der Waals surface area contributed by atoms with Gasteiger partial charge in [-0.25, -0.2) is 4.79 Å². The summed E-state index contributed by atoms with van der Waals surface area (Å²) in [4.78, 5) is 10.7. The number of ether oxygens (including phenoxy) is 1. The number of esters is 1. The Kier molecular flexibility index (Phi) is 12.2. The van der Waals surface area contributed by atoms with Gasteiger partial charge in [-0.2, -0.15) is 0 Å². The maximum Gasteiger partial charge on any atom is 0.384 e. The van der Waals surface area contributed by atoms with Gasteiger partial charge in [0.25, 0.3) is 0 Å². The highest BCUT2D eigenvalue weighted by Gasteiger charge is 1.88. The topological polar surface area (TPSA) is 26.3 Å². The smallest absolute Gasteiger partial charge is 0.384 e. The van der Waals surface area contributed by atoms with Crippen molar-refractivity contribution in [3.63, 3.8) is 0 Å². The highest BCUT2D eigenvalue weighted by molar-refractivity contribution is 5.88. The molecule has 0 aliphatic rings. The van der Waals surface area contributed by atoms with Gasteiger partial charge in [0, 0.05) is 18.8 Å². The van der Waals surface area contributed by atoms with Crippen LogP contribution in [0.4, 0.5) is 0 Å². The number of methoxy groups -OCH3 is 1. The number of unbranched alkanes of at least 4 members (excludes halogenated alkanes) is 6. The molecule has 0 amide bonds. The Labute approximate surface area is 111 Å². The van der Waals surface area contributed by atoms with Crippen LogP contribution in [0, 0.1) is 24.2 Å². The Balaban J connectivity index is 3.29. The van der Waals surface area contributed by atoms with Gasteiger partial charge in [-0.1, -0.05) is 18.1 Å². The van der Waals surface area contributed by atoms with Crippen LogP contribution in [0.3, 0.4) is 0 Å². The van der Waals surface area contributed by atoms with Crippen LogP contribution in [-0.4, -0.2) is 13.1 Å². The zero-order chi connectivity index (χ0) is 13.5. The molecule has 0 aromatic heterocycles. The second-order valence-corrected chi connectivity index (χ2v) is 3.96. The summed E-state index contributed by atoms with van der Waals surface area (Å²) >= 11 is 0. The normalized spacial score (nSPS) is 9.56. The minimum atomic E-state index is -0.457. The number of rotatable bonds is 8. The Morgan fingerprint density at radius 3 is 2.28 bits per heavy atom. The minimum absolute atomic E-state index is 0.457. The second kappa shape index (κ2) is 13.4. The van der Waals surface area contributed by atoms with Crippen LogP contribution in [0.2, 0.25) is 0 Å². The molecule has 0 heterocycles. The Bertz CT molecular complexity index is 336. The van der Waals surface area contributed by atoms with Gasteiger partial charge >= 0.3 is 5.97 Å². The fourth-order valence-corrected chi connectivity index (χ4v) is 1.39. The SMILES string of the molecule is C#CCCCC/C=C\CCCCC#CC(=O)OC. The van der Waals surface area contributed by atoms with Crippen molar-refractivity contribution in [2.75, 3.05) is 7.11 Å². The van der Waals surface area contributed by atoms with Gasteiger partial charge in [0.05, 0.1) is 7.11 Å². The van der Waals surface area contributed by atoms with Crippen LogP contribution in [0.5, 0.6) is 0 Å². The van der Waals surface area contributed by atoms with Crippen LogP contribution in [0.15, 0.2) is 12.2 Å². The maximum atomic E-state index is 10.7. The molecule has 0 atom stereocenters. The van der Waals surface area contributed by atoms with Crippen molar-refractivity contribution in [3.8, 4) is 24.2 Å². The zero-order valence-corrected chi connectivity index (χ0v) is 11.2. The van der Waals surface area contributed by atoms with Crippen molar-refractivity contribution in [1.29, 1.82) is 0 Å². The van der Waals surface area contributed by atoms with Gasteiger partial charge in [-0.05, 0) is 38.5 Å². The lowest BCUT2D eigenvalue weighted by molar-refractivity contribution is -0.133. The van der Waals surface area contributed by atoms with Crippen LogP contribution in [-0.2, 0) is 9.53 Å². The number of hydrogen-bond donors (Lipinski definition) is 0. The molecule has 0 radical (unpaired) electrons. The van der Waals surface area contributed by atoms with E-state index >= 15 is 0 Å². The molecule has 0 unspecified atom stereocenters. The molecule has 98 valence electrons. The van der Waals surface area contributed by atoms with Crippen molar-refractivity contribution in [1.82, 2.24) is 0 Å². The average Bonchev–Trinajstić information content (AvgIpc) is 2.39. The summed E-state index contributed by atoms with van der Waals surface area (Å²) < 4.78 is 4.41. The number of carbonyl (C=O) groups excluding carboxylic acids is 1. The van der Waals surface area contributed by atoms with Gasteiger partial charge in [0.1, 0.15) is 0 Å². The highest BCUT2D eigenvalue weighted by Crippen LogP contribution is 2.03. The Hall–Kier alpha value is -1.67. The number of terminal acetylenes is 1. The first kappa shape index (κ1) is 16.3. The fourth-order valence-electron chi connectivity index (χ4n) is 1.39. The van der Waals surface area contributed by atoms with Crippen molar-refractivity contribution in [3.05, 3.63) is 12.2 Å². The number of carbonyl (C=O) groups is 1. The maximum absolute atomic E-state index is 10.7. The summed E-state index contributed by atoms with van der Waals surface area (Å²) in [5.74, 6) is 7.40. The molecule has 0 aliphatic carbocycles. The predicted molar refractivity (Wildman–Crippen MR) is 74.7 cm³/mol. The van der Waals surface area contributed by atoms with E-state index < -0.39 is 5.97 Å². The molecular weight excluding hydrogens is 224 g/mol. The van der Waals surface area contributed by atoms with Crippen LogP contribution in [0.1, 0.15) is 51.4 Å². The van der Waals surface area contributed by atoms with E-state index in [1.165, 1.54) is 13.5 Å². The van der Waals surface area contributed by atoms with E-state index in [0.29, 0.717) is 0 Å². The first-order chi connectivity index (χ1) is 8.81. The molecule has 0 fully saturated rings. The molecular formula is C16H22O2. The Morgan fingerprint density at radius 1 is 1.11 bits per heavy atom. The van der Waals surface area contributed by atoms with E-state index in [9.17, 15) is 4.79 Å². The molecule has 0 aromatic carbocycles. The van der Waals surface area contributed by atoms with Gasteiger partial charge in [0.2, 0.25) is 0 Å². The zero-order valence-electron chi connectivity index (χ0n) is 11.2. The monoisotopic (exact) mass is 246 g/mol. The predicted octanol–water partition coefficient (Wildman–Crippen LogP) is 3.47. The van der Waals surface area contributed by atoms with Gasteiger partial charge in [-0.3, -0.25) is 0 Å². The van der Waals surface area contributed by atoms with Crippen molar-refractivity contribution < 1.29 is 9.53 Å². The molecule has 2 nitrogen and oxygen atoms in total. The first-order valence-electron chi connectivity index (χ1n) is 6.46. The average molecular weight is 246 g/mol. The molecule has 0 saturated carbocycles. The summed E-state index contributed by atoms with van der Waals surface area (Å²) in [7, 11) is 1.34. The fraction of sp³-hybridized carbons (Fsp3) is 0.562. The molecule has 0 N–H and O–H groups in total. The van der Waals surface area contributed by atoms with E-state index in [4.69, 9.17) is 6.42 Å². The second-order valence-electron chi connectivity index (χ2n) is 3.96. The molecule has 0 bridgehead atoms. The van der Waals surface area contributed by atoms with Crippen LogP contribution >= 0.6 is 0 Å². The third kappa shape index (κ3) is 12.4. The van der Waals surface area contributed by atoms with Crippen LogP contribution in [0.25, 0.3) is 0 Å². The summed E-state index contributed by atoms with van der Waals surface area (Å²) in [5.41, 5.74) is 0. The van der Waals surface area contributed by atoms with Crippen molar-refractivity contribution in [2.45, 2.75) is 51.4 Å². The summed E-state index contributed by atoms with van der Waals surface area (Å²) in [6.45, 7) is 0. The summed E-state index contributed by atoms with van der Waals surface area (Å²) in [6, 6.07) is 0. The van der Waals surface area contributed by atoms with Crippen molar-refractivity contribution >= 4 is 5.97 Å². The quantitative estimate of drug-likeness (QED) is 0.215. The minimum Gasteiger partial charge on any atom is -0.459 e.